The van der Waals surface area contributed by atoms with Gasteiger partial charge in [0.25, 0.3) is 0 Å². The van der Waals surface area contributed by atoms with Crippen LogP contribution < -0.4 is 9.80 Å². The van der Waals surface area contributed by atoms with Gasteiger partial charge in [0.2, 0.25) is 0 Å². The van der Waals surface area contributed by atoms with Gasteiger partial charge in [0, 0.05) is 76.9 Å². The van der Waals surface area contributed by atoms with Crippen molar-refractivity contribution in [2.75, 3.05) is 36.2 Å². The number of hydrogen-bond donors (Lipinski definition) is 0. The number of aryl methyl sites for hydroxylation is 2. The van der Waals surface area contributed by atoms with Crippen LogP contribution in [0.1, 0.15) is 107 Å². The molecule has 8 heteroatoms. The number of rotatable bonds is 20. The quantitative estimate of drug-likeness (QED) is 0.0705. The topological polar surface area (TPSA) is 57.1 Å². The fourth-order valence-corrected chi connectivity index (χ4v) is 11.8. The molecule has 0 amide bonds. The highest BCUT2D eigenvalue weighted by Crippen LogP contribution is 2.42. The maximum atomic E-state index is 6.72. The fraction of sp³-hybridized carbons (Fsp3) is 0.279. The van der Waals surface area contributed by atoms with E-state index in [-0.39, 0.29) is 0 Å². The van der Waals surface area contributed by atoms with Crippen molar-refractivity contribution < 1.29 is 8.83 Å². The zero-order valence-electron chi connectivity index (χ0n) is 44.7. The van der Waals surface area contributed by atoms with Gasteiger partial charge in [-0.15, -0.1) is 0 Å². The van der Waals surface area contributed by atoms with Crippen LogP contribution in [-0.2, 0) is 12.8 Å². The third-order valence-corrected chi connectivity index (χ3v) is 15.8. The van der Waals surface area contributed by atoms with E-state index in [1.54, 1.807) is 0 Å². The number of fused-ring (bicyclic) bond motifs is 6. The van der Waals surface area contributed by atoms with Crippen LogP contribution in [-0.4, -0.2) is 45.8 Å². The first-order valence-electron chi connectivity index (χ1n) is 27.9. The Morgan fingerprint density at radius 3 is 1.70 bits per heavy atom. The molecule has 0 unspecified atom stereocenters. The molecule has 0 N–H and O–H groups in total. The van der Waals surface area contributed by atoms with Crippen LogP contribution in [0, 0.1) is 0 Å². The summed E-state index contributed by atoms with van der Waals surface area (Å²) in [5, 5.41) is 4.81. The van der Waals surface area contributed by atoms with Crippen LogP contribution >= 0.6 is 0 Å². The lowest BCUT2D eigenvalue weighted by Gasteiger charge is -2.25. The predicted octanol–water partition coefficient (Wildman–Crippen LogP) is 17.6. The number of imidazole rings is 1. The number of para-hydroxylation sites is 3. The number of unbranched alkanes of at least 4 members (excludes halogenated alkanes) is 5. The van der Waals surface area contributed by atoms with Crippen LogP contribution in [0.3, 0.4) is 0 Å². The molecule has 0 atom stereocenters. The molecule has 0 saturated heterocycles. The molecule has 3 aromatic heterocycles. The summed E-state index contributed by atoms with van der Waals surface area (Å²) in [4.78, 5) is 14.7. The van der Waals surface area contributed by atoms with E-state index < -0.39 is 0 Å². The molecule has 5 heterocycles. The molecule has 76 heavy (non-hydrogen) atoms. The lowest BCUT2D eigenvalue weighted by molar-refractivity contribution is 0.354. The Morgan fingerprint density at radius 1 is 0.474 bits per heavy atom. The van der Waals surface area contributed by atoms with Gasteiger partial charge in [0.05, 0.1) is 30.4 Å². The van der Waals surface area contributed by atoms with Gasteiger partial charge in [-0.1, -0.05) is 162 Å². The Labute approximate surface area is 448 Å². The molecule has 7 aromatic carbocycles. The molecule has 12 rings (SSSR count). The number of furan rings is 2. The van der Waals surface area contributed by atoms with E-state index in [0.29, 0.717) is 11.8 Å². The van der Waals surface area contributed by atoms with Gasteiger partial charge in [-0.05, 0) is 115 Å². The predicted molar refractivity (Wildman–Crippen MR) is 316 cm³/mol. The second-order valence-corrected chi connectivity index (χ2v) is 21.7. The summed E-state index contributed by atoms with van der Waals surface area (Å²) in [5.74, 6) is 1.70. The van der Waals surface area contributed by atoms with Crippen molar-refractivity contribution >= 4 is 55.3 Å². The second-order valence-electron chi connectivity index (χ2n) is 21.7. The highest BCUT2D eigenvalue weighted by Gasteiger charge is 2.25. The smallest absolute Gasteiger partial charge is 0.159 e. The minimum absolute atomic E-state index is 0.339. The monoisotopic (exact) mass is 1000 g/mol. The maximum Gasteiger partial charge on any atom is 0.159 e. The van der Waals surface area contributed by atoms with Crippen LogP contribution in [0.25, 0.3) is 72.1 Å². The van der Waals surface area contributed by atoms with Crippen molar-refractivity contribution in [3.8, 4) is 28.2 Å². The SMILES string of the molecule is CC(C)c1cc(-c2ccccc2)cc(C(C)C)c1-n1c(CCCCCCCc2ccc(N3C=CN(CCCCN4C=CN(c5cccc6c5oc5ccccc56)C4)C3)c3oc4ccccc4c23)cnc1-c1ccccc1. The van der Waals surface area contributed by atoms with Crippen molar-refractivity contribution in [1.82, 2.24) is 19.4 Å². The largest absolute Gasteiger partial charge is 0.454 e. The number of hydrogen-bond acceptors (Lipinski definition) is 7. The van der Waals surface area contributed by atoms with E-state index in [4.69, 9.17) is 13.8 Å². The molecule has 0 saturated carbocycles. The maximum absolute atomic E-state index is 6.72. The van der Waals surface area contributed by atoms with Gasteiger partial charge in [0.1, 0.15) is 17.0 Å². The lowest BCUT2D eigenvalue weighted by Crippen LogP contribution is -2.28. The summed E-state index contributed by atoms with van der Waals surface area (Å²) in [7, 11) is 0. The van der Waals surface area contributed by atoms with Crippen LogP contribution in [0.4, 0.5) is 11.4 Å². The van der Waals surface area contributed by atoms with Gasteiger partial charge in [-0.3, -0.25) is 4.57 Å². The Kier molecular flexibility index (Phi) is 14.0. The Bertz CT molecular complexity index is 3660. The number of aromatic nitrogens is 2. The van der Waals surface area contributed by atoms with E-state index in [9.17, 15) is 0 Å². The Hall–Kier alpha value is -7.97. The van der Waals surface area contributed by atoms with E-state index in [0.717, 1.165) is 110 Å². The molecule has 2 aliphatic heterocycles. The average molecular weight is 1000 g/mol. The first kappa shape index (κ1) is 48.9. The van der Waals surface area contributed by atoms with Crippen molar-refractivity contribution in [2.24, 2.45) is 0 Å². The first-order chi connectivity index (χ1) is 37.4. The summed E-state index contributed by atoms with van der Waals surface area (Å²) in [6.45, 7) is 13.0. The third-order valence-electron chi connectivity index (χ3n) is 15.8. The summed E-state index contributed by atoms with van der Waals surface area (Å²) >= 11 is 0. The van der Waals surface area contributed by atoms with Gasteiger partial charge in [-0.25, -0.2) is 4.98 Å². The van der Waals surface area contributed by atoms with Crippen LogP contribution in [0.15, 0.2) is 191 Å². The van der Waals surface area contributed by atoms with Crippen molar-refractivity contribution in [3.63, 3.8) is 0 Å². The molecule has 0 radical (unpaired) electrons. The molecule has 0 aliphatic carbocycles. The normalized spacial score (nSPS) is 13.8. The minimum Gasteiger partial charge on any atom is -0.454 e. The minimum atomic E-state index is 0.339. The van der Waals surface area contributed by atoms with Crippen molar-refractivity contribution in [1.29, 1.82) is 0 Å². The summed E-state index contributed by atoms with van der Waals surface area (Å²) < 4.78 is 15.6. The van der Waals surface area contributed by atoms with Crippen molar-refractivity contribution in [2.45, 2.75) is 97.3 Å². The van der Waals surface area contributed by atoms with E-state index in [1.807, 2.05) is 6.07 Å². The van der Waals surface area contributed by atoms with Crippen LogP contribution in [0.2, 0.25) is 0 Å². The standard InChI is InChI=1S/C68H70N6O2/c1-48(2)58-43-53(50-23-11-8-12-24-50)44-59(49(3)4)65(58)74-54(45-69-68(74)52-26-13-9-14-27-52)28-15-7-5-6-10-25-51-35-36-61(67-64(51)57-30-17-19-34-63(57)76-67)73-42-40-71(47-73)38-21-20-37-70-39-41-72(46-70)60-32-22-31-56-55-29-16-18-33-62(55)75-66(56)60/h8-9,11-14,16-19,22-24,26-27,29-36,39-45,48-49H,5-7,10,15,20-21,25,28,37-38,46-47H2,1-4H3. The molecule has 384 valence electrons. The highest BCUT2D eigenvalue weighted by molar-refractivity contribution is 6.11. The van der Waals surface area contributed by atoms with Crippen LogP contribution in [0.5, 0.6) is 0 Å². The van der Waals surface area contributed by atoms with E-state index >= 15 is 0 Å². The molecule has 10 aromatic rings. The third kappa shape index (κ3) is 9.77. The molecule has 0 fully saturated rings. The zero-order valence-corrected chi connectivity index (χ0v) is 44.7. The fourth-order valence-electron chi connectivity index (χ4n) is 11.8. The van der Waals surface area contributed by atoms with Gasteiger partial charge in [-0.2, -0.15) is 0 Å². The molecular weight excluding hydrogens is 933 g/mol. The Morgan fingerprint density at radius 2 is 1.03 bits per heavy atom. The molecular formula is C68H70N6O2. The van der Waals surface area contributed by atoms with Gasteiger partial charge < -0.3 is 28.4 Å². The first-order valence-corrected chi connectivity index (χ1v) is 27.9. The zero-order chi connectivity index (χ0) is 51.5. The van der Waals surface area contributed by atoms with E-state index in [1.165, 1.54) is 80.0 Å². The molecule has 2 aliphatic rings. The summed E-state index contributed by atoms with van der Waals surface area (Å²) in [5.41, 5.74) is 16.5. The number of benzene rings is 7. The Balaban J connectivity index is 0.663. The number of nitrogens with zero attached hydrogens (tertiary/aromatic N) is 6. The highest BCUT2D eigenvalue weighted by atomic mass is 16.3. The molecule has 0 bridgehead atoms. The lowest BCUT2D eigenvalue weighted by atomic mass is 9.88. The molecule has 8 nitrogen and oxygen atoms in total. The van der Waals surface area contributed by atoms with Gasteiger partial charge in [0.15, 0.2) is 11.2 Å². The second kappa shape index (κ2) is 21.7. The average Bonchev–Trinajstić information content (AvgIpc) is 4.32. The van der Waals surface area contributed by atoms with E-state index in [2.05, 4.69) is 228 Å². The van der Waals surface area contributed by atoms with Crippen molar-refractivity contribution in [3.05, 3.63) is 205 Å². The number of anilines is 2. The summed E-state index contributed by atoms with van der Waals surface area (Å²) in [6.07, 6.45) is 21.1. The molecule has 0 spiro atoms. The summed E-state index contributed by atoms with van der Waals surface area (Å²) in [6, 6.07) is 54.5. The van der Waals surface area contributed by atoms with Gasteiger partial charge >= 0.3 is 0 Å².